The van der Waals surface area contributed by atoms with Crippen LogP contribution in [0.1, 0.15) is 34.1 Å². The quantitative estimate of drug-likeness (QED) is 0.780. The Labute approximate surface area is 148 Å². The third kappa shape index (κ3) is 4.83. The number of phenols is 1. The number of nitrogens with two attached hydrogens (primary N) is 1. The van der Waals surface area contributed by atoms with Crippen LogP contribution in [0.25, 0.3) is 0 Å². The zero-order valence-corrected chi connectivity index (χ0v) is 13.9. The van der Waals surface area contributed by atoms with Crippen molar-refractivity contribution in [3.63, 3.8) is 0 Å². The molecule has 1 aromatic carbocycles. The van der Waals surface area contributed by atoms with E-state index in [1.807, 2.05) is 0 Å². The van der Waals surface area contributed by atoms with Crippen molar-refractivity contribution in [1.29, 1.82) is 0 Å². The summed E-state index contributed by atoms with van der Waals surface area (Å²) in [6.45, 7) is 1.14. The molecule has 0 aliphatic carbocycles. The number of pyridine rings is 1. The Morgan fingerprint density at radius 2 is 1.96 bits per heavy atom. The zero-order chi connectivity index (χ0) is 17.9. The molecule has 0 spiro atoms. The Kier molecular flexibility index (Phi) is 6.78. The van der Waals surface area contributed by atoms with Crippen molar-refractivity contribution in [3.05, 3.63) is 52.8 Å². The second kappa shape index (κ2) is 8.17. The number of hydrogen-bond acceptors (Lipinski definition) is 5. The standard InChI is InChI=1S/C16H15F3N2O3.ClH/c1-9(22)12-4-5-13(14(15(12)23)16(17,18)19)24-8-10-2-3-11(6-20)21-7-10;/h2-5,7,23H,6,8,20H2,1H3;1H. The van der Waals surface area contributed by atoms with Crippen molar-refractivity contribution in [2.45, 2.75) is 26.3 Å². The van der Waals surface area contributed by atoms with Gasteiger partial charge in [-0.1, -0.05) is 6.07 Å². The van der Waals surface area contributed by atoms with Crippen molar-refractivity contribution in [2.75, 3.05) is 0 Å². The van der Waals surface area contributed by atoms with E-state index in [1.165, 1.54) is 6.20 Å². The van der Waals surface area contributed by atoms with E-state index in [2.05, 4.69) is 4.98 Å². The maximum absolute atomic E-state index is 13.2. The van der Waals surface area contributed by atoms with Crippen LogP contribution in [0.4, 0.5) is 13.2 Å². The molecule has 0 fully saturated rings. The molecule has 0 saturated carbocycles. The third-order valence-electron chi connectivity index (χ3n) is 3.29. The monoisotopic (exact) mass is 376 g/mol. The van der Waals surface area contributed by atoms with Crippen molar-refractivity contribution in [1.82, 2.24) is 4.98 Å². The summed E-state index contributed by atoms with van der Waals surface area (Å²) in [6, 6.07) is 5.38. The number of aromatic nitrogens is 1. The molecule has 2 aromatic rings. The number of carbonyl (C=O) groups is 1. The minimum absolute atomic E-state index is 0. The normalized spacial score (nSPS) is 10.9. The van der Waals surface area contributed by atoms with Crippen LogP contribution in [0.3, 0.4) is 0 Å². The summed E-state index contributed by atoms with van der Waals surface area (Å²) in [5.41, 5.74) is 4.80. The summed E-state index contributed by atoms with van der Waals surface area (Å²) in [6.07, 6.45) is -3.42. The Morgan fingerprint density at radius 3 is 2.44 bits per heavy atom. The van der Waals surface area contributed by atoms with Gasteiger partial charge in [-0.25, -0.2) is 0 Å². The second-order valence-corrected chi connectivity index (χ2v) is 5.04. The molecule has 0 amide bonds. The molecule has 136 valence electrons. The minimum atomic E-state index is -4.87. The number of alkyl halides is 3. The number of carbonyl (C=O) groups excluding carboxylic acids is 1. The molecule has 0 bridgehead atoms. The fourth-order valence-corrected chi connectivity index (χ4v) is 2.07. The number of ether oxygens (including phenoxy) is 1. The van der Waals surface area contributed by atoms with Gasteiger partial charge in [0, 0.05) is 18.3 Å². The molecule has 0 aliphatic heterocycles. The van der Waals surface area contributed by atoms with E-state index in [-0.39, 0.29) is 25.6 Å². The molecular formula is C16H16ClF3N2O3. The maximum Gasteiger partial charge on any atom is 0.423 e. The average molecular weight is 377 g/mol. The molecule has 0 saturated heterocycles. The largest absolute Gasteiger partial charge is 0.506 e. The lowest BCUT2D eigenvalue weighted by Crippen LogP contribution is -2.11. The van der Waals surface area contributed by atoms with E-state index in [4.69, 9.17) is 10.5 Å². The molecule has 0 radical (unpaired) electrons. The molecule has 1 aromatic heterocycles. The highest BCUT2D eigenvalue weighted by molar-refractivity contribution is 5.97. The van der Waals surface area contributed by atoms with E-state index in [1.54, 1.807) is 12.1 Å². The van der Waals surface area contributed by atoms with Gasteiger partial charge >= 0.3 is 6.18 Å². The first-order chi connectivity index (χ1) is 11.2. The first-order valence-corrected chi connectivity index (χ1v) is 6.94. The predicted molar refractivity (Wildman–Crippen MR) is 86.8 cm³/mol. The molecule has 0 aliphatic rings. The van der Waals surface area contributed by atoms with Gasteiger partial charge in [0.1, 0.15) is 23.7 Å². The van der Waals surface area contributed by atoms with Gasteiger partial charge in [-0.2, -0.15) is 13.2 Å². The van der Waals surface area contributed by atoms with Gasteiger partial charge in [-0.05, 0) is 25.1 Å². The van der Waals surface area contributed by atoms with Crippen molar-refractivity contribution < 1.29 is 27.8 Å². The van der Waals surface area contributed by atoms with Gasteiger partial charge in [0.25, 0.3) is 0 Å². The summed E-state index contributed by atoms with van der Waals surface area (Å²) >= 11 is 0. The van der Waals surface area contributed by atoms with Gasteiger partial charge in [-0.3, -0.25) is 9.78 Å². The Morgan fingerprint density at radius 1 is 1.28 bits per heavy atom. The number of benzene rings is 1. The van der Waals surface area contributed by atoms with E-state index >= 15 is 0 Å². The van der Waals surface area contributed by atoms with Crippen LogP contribution in [0, 0.1) is 0 Å². The number of ketones is 1. The number of halogens is 4. The number of nitrogens with zero attached hydrogens (tertiary/aromatic N) is 1. The summed E-state index contributed by atoms with van der Waals surface area (Å²) in [5.74, 6) is -2.37. The molecular weight excluding hydrogens is 361 g/mol. The van der Waals surface area contributed by atoms with Crippen LogP contribution < -0.4 is 10.5 Å². The third-order valence-corrected chi connectivity index (χ3v) is 3.29. The molecule has 2 rings (SSSR count). The Hall–Kier alpha value is -2.32. The molecule has 0 unspecified atom stereocenters. The van der Waals surface area contributed by atoms with Gasteiger partial charge in [0.15, 0.2) is 5.78 Å². The lowest BCUT2D eigenvalue weighted by molar-refractivity contribution is -0.140. The SMILES string of the molecule is CC(=O)c1ccc(OCc2ccc(CN)nc2)c(C(F)(F)F)c1O.Cl. The Balaban J connectivity index is 0.00000312. The second-order valence-electron chi connectivity index (χ2n) is 5.04. The van der Waals surface area contributed by atoms with E-state index in [0.717, 1.165) is 19.1 Å². The van der Waals surface area contributed by atoms with Crippen LogP contribution >= 0.6 is 12.4 Å². The van der Waals surface area contributed by atoms with Crippen LogP contribution in [0.5, 0.6) is 11.5 Å². The number of aromatic hydroxyl groups is 1. The average Bonchev–Trinajstić information content (AvgIpc) is 2.51. The van der Waals surface area contributed by atoms with Gasteiger partial charge < -0.3 is 15.6 Å². The summed E-state index contributed by atoms with van der Waals surface area (Å²) in [5, 5.41) is 9.79. The molecule has 0 atom stereocenters. The summed E-state index contributed by atoms with van der Waals surface area (Å²) in [7, 11) is 0. The van der Waals surface area contributed by atoms with Crippen LogP contribution in [-0.2, 0) is 19.3 Å². The predicted octanol–water partition coefficient (Wildman–Crippen LogP) is 3.47. The lowest BCUT2D eigenvalue weighted by atomic mass is 10.0. The highest BCUT2D eigenvalue weighted by Gasteiger charge is 2.39. The maximum atomic E-state index is 13.2. The van der Waals surface area contributed by atoms with E-state index in [9.17, 15) is 23.1 Å². The van der Waals surface area contributed by atoms with E-state index in [0.29, 0.717) is 11.3 Å². The smallest absolute Gasteiger partial charge is 0.423 e. The topological polar surface area (TPSA) is 85.4 Å². The first kappa shape index (κ1) is 20.7. The number of rotatable bonds is 5. The van der Waals surface area contributed by atoms with Crippen molar-refractivity contribution >= 4 is 18.2 Å². The van der Waals surface area contributed by atoms with Gasteiger partial charge in [-0.15, -0.1) is 12.4 Å². The van der Waals surface area contributed by atoms with Gasteiger partial charge in [0.2, 0.25) is 0 Å². The van der Waals surface area contributed by atoms with E-state index < -0.39 is 34.6 Å². The fourth-order valence-electron chi connectivity index (χ4n) is 2.07. The number of hydrogen-bond donors (Lipinski definition) is 2. The van der Waals surface area contributed by atoms with Crippen LogP contribution in [-0.4, -0.2) is 15.9 Å². The highest BCUT2D eigenvalue weighted by Crippen LogP contribution is 2.44. The number of Topliss-reactive ketones (excluding diaryl/α,β-unsaturated/α-hetero) is 1. The van der Waals surface area contributed by atoms with Crippen molar-refractivity contribution in [3.8, 4) is 11.5 Å². The zero-order valence-electron chi connectivity index (χ0n) is 13.1. The summed E-state index contributed by atoms with van der Waals surface area (Å²) < 4.78 is 44.8. The fraction of sp³-hybridized carbons (Fsp3) is 0.250. The molecule has 3 N–H and O–H groups in total. The first-order valence-electron chi connectivity index (χ1n) is 6.94. The highest BCUT2D eigenvalue weighted by atomic mass is 35.5. The lowest BCUT2D eigenvalue weighted by Gasteiger charge is -2.17. The minimum Gasteiger partial charge on any atom is -0.506 e. The molecule has 1 heterocycles. The van der Waals surface area contributed by atoms with Crippen LogP contribution in [0.2, 0.25) is 0 Å². The molecule has 9 heteroatoms. The number of phenolic OH excluding ortho intramolecular Hbond substituents is 1. The molecule has 5 nitrogen and oxygen atoms in total. The summed E-state index contributed by atoms with van der Waals surface area (Å²) in [4.78, 5) is 15.3. The van der Waals surface area contributed by atoms with Crippen LogP contribution in [0.15, 0.2) is 30.5 Å². The Bertz CT molecular complexity index is 750. The molecule has 25 heavy (non-hydrogen) atoms. The van der Waals surface area contributed by atoms with Gasteiger partial charge in [0.05, 0.1) is 11.3 Å². The van der Waals surface area contributed by atoms with Crippen molar-refractivity contribution in [2.24, 2.45) is 5.73 Å².